The lowest BCUT2D eigenvalue weighted by molar-refractivity contribution is -0.138. The van der Waals surface area contributed by atoms with E-state index in [1.165, 1.54) is 35.4 Å². The number of ether oxygens (including phenoxy) is 2. The largest absolute Gasteiger partial charge is 0.481 e. The number of carbonyl (C=O) groups is 1. The molecule has 0 fully saturated rings. The lowest BCUT2D eigenvalue weighted by atomic mass is 9.91. The van der Waals surface area contributed by atoms with E-state index in [-0.39, 0.29) is 47.0 Å². The zero-order valence-corrected chi connectivity index (χ0v) is 25.8. The van der Waals surface area contributed by atoms with Gasteiger partial charge in [0.05, 0.1) is 28.2 Å². The fraction of sp³-hybridized carbons (Fsp3) is 0.294. The Hall–Kier alpha value is -4.36. The van der Waals surface area contributed by atoms with Crippen LogP contribution in [0.3, 0.4) is 0 Å². The van der Waals surface area contributed by atoms with E-state index in [2.05, 4.69) is 5.32 Å². The van der Waals surface area contributed by atoms with Gasteiger partial charge < -0.3 is 19.9 Å². The summed E-state index contributed by atoms with van der Waals surface area (Å²) in [6.45, 7) is 1.60. The zero-order chi connectivity index (χ0) is 33.5. The van der Waals surface area contributed by atoms with Crippen molar-refractivity contribution in [2.75, 3.05) is 19.1 Å². The van der Waals surface area contributed by atoms with Gasteiger partial charge in [0.25, 0.3) is 5.56 Å². The van der Waals surface area contributed by atoms with Gasteiger partial charge >= 0.3 is 12.1 Å². The maximum absolute atomic E-state index is 16.0. The molecule has 3 aromatic carbocycles. The number of nitrogens with one attached hydrogen (secondary N) is 1. The van der Waals surface area contributed by atoms with E-state index in [9.17, 15) is 22.8 Å². The molecule has 2 atom stereocenters. The van der Waals surface area contributed by atoms with Crippen molar-refractivity contribution in [3.8, 4) is 22.6 Å². The van der Waals surface area contributed by atoms with E-state index in [4.69, 9.17) is 14.6 Å². The summed E-state index contributed by atoms with van der Waals surface area (Å²) >= 11 is 1.25. The van der Waals surface area contributed by atoms with Gasteiger partial charge in [-0.1, -0.05) is 36.4 Å². The number of thioether (sulfide) groups is 1. The summed E-state index contributed by atoms with van der Waals surface area (Å²) in [6.07, 6.45) is -5.13. The van der Waals surface area contributed by atoms with Gasteiger partial charge in [0, 0.05) is 29.7 Å². The summed E-state index contributed by atoms with van der Waals surface area (Å²) in [7, 11) is 0. The number of rotatable bonds is 10. The SMILES string of the molecule is Cc1c(Cc2c(F)cccc2C(F)(F)F)c2n(c(=O)c1-c1ccc3c(c1F)OCO3)C(C(NCCCC(=O)O)c1ccccc1)CS2. The molecule has 3 heterocycles. The van der Waals surface area contributed by atoms with Crippen molar-refractivity contribution in [2.45, 2.75) is 49.5 Å². The molecular formula is C34H29F5N2O5S. The van der Waals surface area contributed by atoms with Crippen LogP contribution in [-0.4, -0.2) is 34.7 Å². The normalized spacial score (nSPS) is 15.9. The Kier molecular flexibility index (Phi) is 9.03. The highest BCUT2D eigenvalue weighted by Gasteiger charge is 2.39. The molecule has 246 valence electrons. The Morgan fingerprint density at radius 3 is 2.55 bits per heavy atom. The van der Waals surface area contributed by atoms with Gasteiger partial charge in [-0.25, -0.2) is 8.78 Å². The molecular weight excluding hydrogens is 643 g/mol. The predicted molar refractivity (Wildman–Crippen MR) is 165 cm³/mol. The van der Waals surface area contributed by atoms with Gasteiger partial charge in [-0.05, 0) is 60.8 Å². The topological polar surface area (TPSA) is 89.8 Å². The standard InChI is InChI=1S/C34H29F5N2O5S/c1-18-21(15-22-23(34(37,38)39)9-5-10-24(22)35)33-41(32(44)28(18)20-12-13-26-31(29(20)36)46-17-45-26)25(16-47-33)30(19-7-3-2-4-8-19)40-14-6-11-27(42)43/h2-5,7-10,12-13,25,30,40H,6,11,14-17H2,1H3,(H,42,43). The summed E-state index contributed by atoms with van der Waals surface area (Å²) in [5, 5.41) is 12.9. The molecule has 0 bridgehead atoms. The van der Waals surface area contributed by atoms with Crippen LogP contribution in [0.15, 0.2) is 70.5 Å². The van der Waals surface area contributed by atoms with Crippen LogP contribution in [0, 0.1) is 18.6 Å². The van der Waals surface area contributed by atoms with Crippen molar-refractivity contribution in [3.63, 3.8) is 0 Å². The summed E-state index contributed by atoms with van der Waals surface area (Å²) in [5.41, 5.74) is -1.25. The molecule has 7 nitrogen and oxygen atoms in total. The highest BCUT2D eigenvalue weighted by molar-refractivity contribution is 7.99. The predicted octanol–water partition coefficient (Wildman–Crippen LogP) is 7.28. The maximum atomic E-state index is 16.0. The molecule has 4 aromatic rings. The monoisotopic (exact) mass is 672 g/mol. The van der Waals surface area contributed by atoms with Gasteiger partial charge in [-0.3, -0.25) is 14.2 Å². The van der Waals surface area contributed by atoms with Crippen LogP contribution in [0.4, 0.5) is 22.0 Å². The fourth-order valence-electron chi connectivity index (χ4n) is 6.24. The highest BCUT2D eigenvalue weighted by atomic mass is 32.2. The van der Waals surface area contributed by atoms with Crippen LogP contribution in [0.2, 0.25) is 0 Å². The molecule has 2 unspecified atom stereocenters. The van der Waals surface area contributed by atoms with Gasteiger partial charge in [0.2, 0.25) is 12.5 Å². The second-order valence-corrected chi connectivity index (χ2v) is 12.3. The third-order valence-electron chi connectivity index (χ3n) is 8.46. The van der Waals surface area contributed by atoms with E-state index in [0.717, 1.165) is 23.8 Å². The second-order valence-electron chi connectivity index (χ2n) is 11.3. The molecule has 1 aromatic heterocycles. The van der Waals surface area contributed by atoms with E-state index in [1.807, 2.05) is 30.3 Å². The van der Waals surface area contributed by atoms with Gasteiger partial charge in [0.15, 0.2) is 11.6 Å². The Bertz CT molecular complexity index is 1900. The van der Waals surface area contributed by atoms with Crippen LogP contribution < -0.4 is 20.3 Å². The van der Waals surface area contributed by atoms with E-state index in [0.29, 0.717) is 23.7 Å². The molecule has 0 amide bonds. The van der Waals surface area contributed by atoms with Crippen molar-refractivity contribution in [3.05, 3.63) is 110 Å². The Balaban J connectivity index is 1.56. The second kappa shape index (κ2) is 13.0. The molecule has 0 saturated heterocycles. The quantitative estimate of drug-likeness (QED) is 0.135. The number of hydrogen-bond acceptors (Lipinski definition) is 6. The third-order valence-corrected chi connectivity index (χ3v) is 9.69. The van der Waals surface area contributed by atoms with Crippen molar-refractivity contribution >= 4 is 17.7 Å². The lowest BCUT2D eigenvalue weighted by Gasteiger charge is -2.28. The average molecular weight is 673 g/mol. The maximum Gasteiger partial charge on any atom is 0.416 e. The number of carboxylic acids is 1. The molecule has 13 heteroatoms. The number of nitrogens with zero attached hydrogens (tertiary/aromatic N) is 1. The van der Waals surface area contributed by atoms with Crippen molar-refractivity contribution in [1.29, 1.82) is 0 Å². The molecule has 47 heavy (non-hydrogen) atoms. The first-order valence-corrected chi connectivity index (χ1v) is 15.8. The molecule has 2 N–H and O–H groups in total. The summed E-state index contributed by atoms with van der Waals surface area (Å²) in [6, 6.07) is 13.6. The van der Waals surface area contributed by atoms with E-state index in [1.54, 1.807) is 0 Å². The number of alkyl halides is 3. The summed E-state index contributed by atoms with van der Waals surface area (Å²) in [4.78, 5) is 25.7. The van der Waals surface area contributed by atoms with Gasteiger partial charge in [-0.2, -0.15) is 13.2 Å². The zero-order valence-electron chi connectivity index (χ0n) is 25.0. The Morgan fingerprint density at radius 2 is 1.83 bits per heavy atom. The minimum absolute atomic E-state index is 0.0779. The molecule has 6 rings (SSSR count). The van der Waals surface area contributed by atoms with E-state index >= 15 is 8.78 Å². The van der Waals surface area contributed by atoms with Gasteiger partial charge in [-0.15, -0.1) is 11.8 Å². The Morgan fingerprint density at radius 1 is 1.06 bits per heavy atom. The van der Waals surface area contributed by atoms with Crippen LogP contribution in [-0.2, 0) is 17.4 Å². The third kappa shape index (κ3) is 6.21. The number of aliphatic carboxylic acids is 1. The van der Waals surface area contributed by atoms with Crippen LogP contribution in [0.5, 0.6) is 11.5 Å². The van der Waals surface area contributed by atoms with Gasteiger partial charge in [0.1, 0.15) is 5.82 Å². The Labute approximate surface area is 270 Å². The number of aromatic nitrogens is 1. The van der Waals surface area contributed by atoms with Crippen LogP contribution in [0.1, 0.15) is 52.7 Å². The number of carboxylic acid groups (broad SMARTS) is 1. The fourth-order valence-corrected chi connectivity index (χ4v) is 7.67. The van der Waals surface area contributed by atoms with Crippen molar-refractivity contribution in [2.24, 2.45) is 0 Å². The minimum atomic E-state index is -4.85. The summed E-state index contributed by atoms with van der Waals surface area (Å²) < 4.78 is 85.5. The highest BCUT2D eigenvalue weighted by Crippen LogP contribution is 2.46. The van der Waals surface area contributed by atoms with Crippen LogP contribution >= 0.6 is 11.8 Å². The number of halogens is 5. The molecule has 2 aliphatic heterocycles. The molecule has 2 aliphatic rings. The molecule has 0 aliphatic carbocycles. The number of benzene rings is 3. The first kappa shape index (κ1) is 32.6. The summed E-state index contributed by atoms with van der Waals surface area (Å²) in [5.74, 6) is -2.60. The number of hydrogen-bond donors (Lipinski definition) is 2. The van der Waals surface area contributed by atoms with Crippen LogP contribution in [0.25, 0.3) is 11.1 Å². The molecule has 0 saturated carbocycles. The molecule has 0 spiro atoms. The number of fused-ring (bicyclic) bond motifs is 2. The van der Waals surface area contributed by atoms with E-state index < -0.39 is 59.0 Å². The first-order chi connectivity index (χ1) is 22.5. The minimum Gasteiger partial charge on any atom is -0.481 e. The molecule has 0 radical (unpaired) electrons. The number of pyridine rings is 1. The first-order valence-electron chi connectivity index (χ1n) is 14.8. The smallest absolute Gasteiger partial charge is 0.416 e. The lowest BCUT2D eigenvalue weighted by Crippen LogP contribution is -2.36. The average Bonchev–Trinajstić information content (AvgIpc) is 3.69. The van der Waals surface area contributed by atoms with Crippen molar-refractivity contribution < 1.29 is 41.3 Å². The van der Waals surface area contributed by atoms with Crippen molar-refractivity contribution in [1.82, 2.24) is 9.88 Å².